The van der Waals surface area contributed by atoms with Gasteiger partial charge in [-0.1, -0.05) is 6.07 Å². The van der Waals surface area contributed by atoms with Crippen molar-refractivity contribution in [1.29, 1.82) is 0 Å². The SMILES string of the molecule is CNC(C)c1ccc(OCCOCCO)cc1F. The summed E-state index contributed by atoms with van der Waals surface area (Å²) in [5.74, 6) is 0.192. The second kappa shape index (κ2) is 8.02. The summed E-state index contributed by atoms with van der Waals surface area (Å²) in [6.07, 6.45) is 0. The van der Waals surface area contributed by atoms with E-state index in [-0.39, 0.29) is 25.1 Å². The van der Waals surface area contributed by atoms with Crippen LogP contribution in [0.3, 0.4) is 0 Å². The molecule has 1 rings (SSSR count). The number of aliphatic hydroxyl groups excluding tert-OH is 1. The maximum Gasteiger partial charge on any atom is 0.131 e. The third-order valence-corrected chi connectivity index (χ3v) is 2.60. The molecule has 0 radical (unpaired) electrons. The van der Waals surface area contributed by atoms with E-state index < -0.39 is 0 Å². The number of rotatable bonds is 8. The molecule has 4 nitrogen and oxygen atoms in total. The van der Waals surface area contributed by atoms with Crippen molar-refractivity contribution in [3.8, 4) is 5.75 Å². The van der Waals surface area contributed by atoms with Crippen molar-refractivity contribution in [2.24, 2.45) is 0 Å². The molecule has 0 aliphatic heterocycles. The average molecular weight is 257 g/mol. The van der Waals surface area contributed by atoms with Gasteiger partial charge >= 0.3 is 0 Å². The largest absolute Gasteiger partial charge is 0.491 e. The second-order valence-electron chi connectivity index (χ2n) is 3.88. The number of aliphatic hydroxyl groups is 1. The van der Waals surface area contributed by atoms with Gasteiger partial charge in [-0.25, -0.2) is 4.39 Å². The molecule has 1 atom stereocenters. The zero-order chi connectivity index (χ0) is 13.4. The molecule has 0 aliphatic carbocycles. The topological polar surface area (TPSA) is 50.7 Å². The van der Waals surface area contributed by atoms with Crippen molar-refractivity contribution >= 4 is 0 Å². The molecular weight excluding hydrogens is 237 g/mol. The molecule has 102 valence electrons. The molecule has 18 heavy (non-hydrogen) atoms. The minimum absolute atomic E-state index is 0.00870. The molecule has 0 aliphatic rings. The highest BCUT2D eigenvalue weighted by Crippen LogP contribution is 2.21. The predicted octanol–water partition coefficient (Wildman–Crippen LogP) is 1.49. The molecule has 2 N–H and O–H groups in total. The number of hydrogen-bond donors (Lipinski definition) is 2. The fourth-order valence-electron chi connectivity index (χ4n) is 1.49. The number of benzene rings is 1. The molecule has 1 aromatic rings. The Balaban J connectivity index is 2.46. The lowest BCUT2D eigenvalue weighted by Gasteiger charge is -2.13. The molecule has 1 unspecified atom stereocenters. The van der Waals surface area contributed by atoms with Crippen LogP contribution >= 0.6 is 0 Å². The van der Waals surface area contributed by atoms with Gasteiger partial charge in [0.05, 0.1) is 19.8 Å². The van der Waals surface area contributed by atoms with Crippen molar-refractivity contribution in [2.45, 2.75) is 13.0 Å². The molecular formula is C13H20FNO3. The maximum atomic E-state index is 13.7. The Hall–Kier alpha value is -1.17. The third kappa shape index (κ3) is 4.60. The average Bonchev–Trinajstić information content (AvgIpc) is 2.38. The Morgan fingerprint density at radius 2 is 2.11 bits per heavy atom. The predicted molar refractivity (Wildman–Crippen MR) is 67.3 cm³/mol. The Morgan fingerprint density at radius 3 is 2.72 bits per heavy atom. The lowest BCUT2D eigenvalue weighted by molar-refractivity contribution is 0.0704. The van der Waals surface area contributed by atoms with Gasteiger partial charge < -0.3 is 19.9 Å². The molecule has 0 saturated carbocycles. The monoisotopic (exact) mass is 257 g/mol. The lowest BCUT2D eigenvalue weighted by atomic mass is 10.1. The highest BCUT2D eigenvalue weighted by molar-refractivity contribution is 5.30. The van der Waals surface area contributed by atoms with Gasteiger partial charge in [-0.3, -0.25) is 0 Å². The number of hydrogen-bond acceptors (Lipinski definition) is 4. The number of ether oxygens (including phenoxy) is 2. The summed E-state index contributed by atoms with van der Waals surface area (Å²) in [6, 6.07) is 4.78. The molecule has 5 heteroatoms. The zero-order valence-corrected chi connectivity index (χ0v) is 10.8. The summed E-state index contributed by atoms with van der Waals surface area (Å²) in [7, 11) is 1.78. The van der Waals surface area contributed by atoms with Crippen LogP contribution in [0, 0.1) is 5.82 Å². The van der Waals surface area contributed by atoms with Gasteiger partial charge in [0.1, 0.15) is 18.2 Å². The van der Waals surface area contributed by atoms with E-state index in [0.29, 0.717) is 24.5 Å². The van der Waals surface area contributed by atoms with Crippen molar-refractivity contribution in [2.75, 3.05) is 33.5 Å². The third-order valence-electron chi connectivity index (χ3n) is 2.60. The number of nitrogens with one attached hydrogen (secondary N) is 1. The van der Waals surface area contributed by atoms with E-state index in [1.165, 1.54) is 6.07 Å². The van der Waals surface area contributed by atoms with Crippen LogP contribution in [-0.2, 0) is 4.74 Å². The number of halogens is 1. The van der Waals surface area contributed by atoms with Gasteiger partial charge in [-0.05, 0) is 20.0 Å². The first-order valence-electron chi connectivity index (χ1n) is 5.97. The van der Waals surface area contributed by atoms with Gasteiger partial charge in [0.2, 0.25) is 0 Å². The Kier molecular flexibility index (Phi) is 6.64. The Labute approximate surface area is 107 Å². The van der Waals surface area contributed by atoms with Gasteiger partial charge in [0, 0.05) is 17.7 Å². The van der Waals surface area contributed by atoms with Crippen LogP contribution in [-0.4, -0.2) is 38.6 Å². The van der Waals surface area contributed by atoms with E-state index in [1.54, 1.807) is 19.2 Å². The molecule has 0 heterocycles. The quantitative estimate of drug-likeness (QED) is 0.693. The van der Waals surface area contributed by atoms with Gasteiger partial charge in [-0.2, -0.15) is 0 Å². The smallest absolute Gasteiger partial charge is 0.131 e. The highest BCUT2D eigenvalue weighted by atomic mass is 19.1. The van der Waals surface area contributed by atoms with E-state index in [4.69, 9.17) is 14.6 Å². The van der Waals surface area contributed by atoms with Crippen LogP contribution in [0.2, 0.25) is 0 Å². The normalized spacial score (nSPS) is 12.4. The maximum absolute atomic E-state index is 13.7. The van der Waals surface area contributed by atoms with Gasteiger partial charge in [0.15, 0.2) is 0 Å². The molecule has 0 bridgehead atoms. The molecule has 0 aromatic heterocycles. The summed E-state index contributed by atoms with van der Waals surface area (Å²) in [6.45, 7) is 2.88. The first kappa shape index (κ1) is 14.9. The van der Waals surface area contributed by atoms with E-state index in [0.717, 1.165) is 0 Å². The Bertz CT molecular complexity index is 360. The van der Waals surface area contributed by atoms with Crippen molar-refractivity contribution in [3.63, 3.8) is 0 Å². The fraction of sp³-hybridized carbons (Fsp3) is 0.538. The summed E-state index contributed by atoms with van der Waals surface area (Å²) < 4.78 is 24.1. The summed E-state index contributed by atoms with van der Waals surface area (Å²) in [5, 5.41) is 11.5. The van der Waals surface area contributed by atoms with Crippen LogP contribution in [0.5, 0.6) is 5.75 Å². The van der Waals surface area contributed by atoms with Crippen LogP contribution in [0.15, 0.2) is 18.2 Å². The molecule has 0 spiro atoms. The molecule has 1 aromatic carbocycles. The highest BCUT2D eigenvalue weighted by Gasteiger charge is 2.09. The van der Waals surface area contributed by atoms with Crippen molar-refractivity contribution in [1.82, 2.24) is 5.32 Å². The van der Waals surface area contributed by atoms with E-state index >= 15 is 0 Å². The zero-order valence-electron chi connectivity index (χ0n) is 10.8. The van der Waals surface area contributed by atoms with Crippen LogP contribution < -0.4 is 10.1 Å². The summed E-state index contributed by atoms with van der Waals surface area (Å²) in [5.41, 5.74) is 0.612. The molecule has 0 saturated heterocycles. The fourth-order valence-corrected chi connectivity index (χ4v) is 1.49. The molecule has 0 amide bonds. The Morgan fingerprint density at radius 1 is 1.33 bits per heavy atom. The minimum atomic E-state index is -0.286. The van der Waals surface area contributed by atoms with E-state index in [2.05, 4.69) is 5.32 Å². The minimum Gasteiger partial charge on any atom is -0.491 e. The second-order valence-corrected chi connectivity index (χ2v) is 3.88. The van der Waals surface area contributed by atoms with E-state index in [9.17, 15) is 4.39 Å². The van der Waals surface area contributed by atoms with Gasteiger partial charge in [-0.15, -0.1) is 0 Å². The molecule has 0 fully saturated rings. The van der Waals surface area contributed by atoms with Crippen LogP contribution in [0.25, 0.3) is 0 Å². The first-order valence-corrected chi connectivity index (χ1v) is 5.97. The summed E-state index contributed by atoms with van der Waals surface area (Å²) in [4.78, 5) is 0. The van der Waals surface area contributed by atoms with Crippen LogP contribution in [0.1, 0.15) is 18.5 Å². The van der Waals surface area contributed by atoms with Gasteiger partial charge in [0.25, 0.3) is 0 Å². The van der Waals surface area contributed by atoms with Crippen LogP contribution in [0.4, 0.5) is 4.39 Å². The summed E-state index contributed by atoms with van der Waals surface area (Å²) >= 11 is 0. The van der Waals surface area contributed by atoms with Crippen molar-refractivity contribution < 1.29 is 19.0 Å². The first-order chi connectivity index (χ1) is 8.69. The lowest BCUT2D eigenvalue weighted by Crippen LogP contribution is -2.14. The van der Waals surface area contributed by atoms with Crippen molar-refractivity contribution in [3.05, 3.63) is 29.6 Å². The standard InChI is InChI=1S/C13H20FNO3/c1-10(15-2)12-4-3-11(9-13(12)14)18-8-7-17-6-5-16/h3-4,9-10,15-16H,5-8H2,1-2H3. The van der Waals surface area contributed by atoms with E-state index in [1.807, 2.05) is 6.92 Å².